The zero-order valence-electron chi connectivity index (χ0n) is 3.53. The molecule has 0 aromatic rings. The van der Waals surface area contributed by atoms with Gasteiger partial charge in [0.1, 0.15) is 0 Å². The maximum atomic E-state index is 4.92. The van der Waals surface area contributed by atoms with Gasteiger partial charge in [-0.1, -0.05) is 0 Å². The third kappa shape index (κ3) is 0.397. The lowest BCUT2D eigenvalue weighted by molar-refractivity contribution is -0.286. The summed E-state index contributed by atoms with van der Waals surface area (Å²) in [5, 5.41) is 0. The fourth-order valence-electron chi connectivity index (χ4n) is 0.623. The maximum Gasteiger partial charge on any atom is 0.213 e. The summed E-state index contributed by atoms with van der Waals surface area (Å²) in [6.07, 6.45) is 3.16. The molecule has 0 amide bonds. The summed E-state index contributed by atoms with van der Waals surface area (Å²) in [5.41, 5.74) is 0. The summed E-state index contributed by atoms with van der Waals surface area (Å²) in [6.45, 7) is 0. The molecule has 38 valence electrons. The van der Waals surface area contributed by atoms with Crippen LogP contribution in [0, 0.1) is 0 Å². The van der Waals surface area contributed by atoms with E-state index in [4.69, 9.17) is 4.74 Å². The molecule has 2 unspecified atom stereocenters. The lowest BCUT2D eigenvalue weighted by Gasteiger charge is -1.94. The van der Waals surface area contributed by atoms with E-state index in [9.17, 15) is 0 Å². The third-order valence-corrected chi connectivity index (χ3v) is 0.939. The highest BCUT2D eigenvalue weighted by molar-refractivity contribution is 4.96. The van der Waals surface area contributed by atoms with Crippen LogP contribution in [0.25, 0.3) is 0 Å². The summed E-state index contributed by atoms with van der Waals surface area (Å²) in [4.78, 5) is 9.09. The van der Waals surface area contributed by atoms with Gasteiger partial charge in [-0.25, -0.2) is 0 Å². The lowest BCUT2D eigenvalue weighted by atomic mass is 10.5. The molecule has 0 radical (unpaired) electrons. The average Bonchev–Trinajstić information content (AvgIpc) is 2.22. The summed E-state index contributed by atoms with van der Waals surface area (Å²) in [5.74, 6) is 0. The Kier molecular flexibility index (Phi) is 0.547. The van der Waals surface area contributed by atoms with Gasteiger partial charge in [0, 0.05) is 0 Å². The Morgan fingerprint density at radius 3 is 1.71 bits per heavy atom. The van der Waals surface area contributed by atoms with Crippen LogP contribution in [0.1, 0.15) is 0 Å². The van der Waals surface area contributed by atoms with Gasteiger partial charge in [0.25, 0.3) is 0 Å². The Bertz CT molecular complexity index is 97.5. The van der Waals surface area contributed by atoms with Crippen LogP contribution in [0.2, 0.25) is 0 Å². The number of ether oxygens (including phenoxy) is 1. The van der Waals surface area contributed by atoms with Crippen LogP contribution >= 0.6 is 0 Å². The molecule has 0 N–H and O–H groups in total. The van der Waals surface area contributed by atoms with Gasteiger partial charge < -0.3 is 4.74 Å². The van der Waals surface area contributed by atoms with Crippen molar-refractivity contribution in [3.8, 4) is 0 Å². The first-order chi connectivity index (χ1) is 3.45. The van der Waals surface area contributed by atoms with E-state index in [1.807, 2.05) is 12.2 Å². The van der Waals surface area contributed by atoms with Crippen molar-refractivity contribution in [3.63, 3.8) is 0 Å². The Hall–Kier alpha value is -0.380. The van der Waals surface area contributed by atoms with Crippen molar-refractivity contribution in [1.82, 2.24) is 0 Å². The molecule has 3 nitrogen and oxygen atoms in total. The molecule has 2 aliphatic rings. The van der Waals surface area contributed by atoms with Gasteiger partial charge >= 0.3 is 0 Å². The molecule has 0 aliphatic carbocycles. The van der Waals surface area contributed by atoms with Crippen LogP contribution in [0.3, 0.4) is 0 Å². The van der Waals surface area contributed by atoms with Gasteiger partial charge in [-0.3, -0.25) is 0 Å². The van der Waals surface area contributed by atoms with Crippen LogP contribution in [0.5, 0.6) is 0 Å². The summed E-state index contributed by atoms with van der Waals surface area (Å²) < 4.78 is 4.92. The minimum absolute atomic E-state index is 0.231. The van der Waals surface area contributed by atoms with E-state index in [0.717, 1.165) is 0 Å². The van der Waals surface area contributed by atoms with Crippen LogP contribution in [-0.2, 0) is 14.5 Å². The Balaban J connectivity index is 2.27. The van der Waals surface area contributed by atoms with Gasteiger partial charge in [0.15, 0.2) is 0 Å². The molecule has 2 heterocycles. The van der Waals surface area contributed by atoms with Crippen LogP contribution in [-0.4, -0.2) is 12.6 Å². The second kappa shape index (κ2) is 1.06. The van der Waals surface area contributed by atoms with Crippen LogP contribution < -0.4 is 0 Å². The predicted octanol–water partition coefficient (Wildman–Crippen LogP) is 0.187. The summed E-state index contributed by atoms with van der Waals surface area (Å²) in [7, 11) is 0. The molecule has 1 fully saturated rings. The first kappa shape index (κ1) is 3.60. The smallest absolute Gasteiger partial charge is 0.213 e. The molecule has 0 aromatic heterocycles. The highest BCUT2D eigenvalue weighted by atomic mass is 17.3. The summed E-state index contributed by atoms with van der Waals surface area (Å²) >= 11 is 0. The van der Waals surface area contributed by atoms with E-state index >= 15 is 0 Å². The Morgan fingerprint density at radius 1 is 1.00 bits per heavy atom. The van der Waals surface area contributed by atoms with Crippen LogP contribution in [0.4, 0.5) is 0 Å². The molecule has 2 rings (SSSR count). The second-order valence-corrected chi connectivity index (χ2v) is 1.45. The van der Waals surface area contributed by atoms with Gasteiger partial charge in [-0.2, -0.15) is 9.78 Å². The summed E-state index contributed by atoms with van der Waals surface area (Å²) in [6, 6.07) is 0. The molecule has 3 heteroatoms. The van der Waals surface area contributed by atoms with Crippen molar-refractivity contribution in [2.75, 3.05) is 0 Å². The third-order valence-electron chi connectivity index (χ3n) is 0.939. The van der Waals surface area contributed by atoms with E-state index in [1.165, 1.54) is 0 Å². The molecular weight excluding hydrogens is 96.0 g/mol. The van der Waals surface area contributed by atoms with Crippen molar-refractivity contribution in [2.24, 2.45) is 0 Å². The monoisotopic (exact) mass is 100 g/mol. The number of hydrogen-bond donors (Lipinski definition) is 0. The zero-order valence-corrected chi connectivity index (χ0v) is 3.53. The van der Waals surface area contributed by atoms with Crippen molar-refractivity contribution in [1.29, 1.82) is 0 Å². The minimum Gasteiger partial charge on any atom is -0.310 e. The van der Waals surface area contributed by atoms with E-state index in [1.54, 1.807) is 0 Å². The average molecular weight is 100 g/mol. The van der Waals surface area contributed by atoms with Crippen molar-refractivity contribution in [2.45, 2.75) is 12.6 Å². The van der Waals surface area contributed by atoms with Crippen molar-refractivity contribution < 1.29 is 14.5 Å². The highest BCUT2D eigenvalue weighted by Gasteiger charge is 2.29. The zero-order chi connectivity index (χ0) is 4.69. The molecule has 2 atom stereocenters. The van der Waals surface area contributed by atoms with Gasteiger partial charge in [0.2, 0.25) is 12.6 Å². The number of hydrogen-bond acceptors (Lipinski definition) is 3. The maximum absolute atomic E-state index is 4.92. The molecule has 0 saturated carbocycles. The fraction of sp³-hybridized carbons (Fsp3) is 0.500. The number of rotatable bonds is 0. The lowest BCUT2D eigenvalue weighted by Crippen LogP contribution is -1.99. The van der Waals surface area contributed by atoms with Crippen LogP contribution in [0.15, 0.2) is 12.2 Å². The van der Waals surface area contributed by atoms with Gasteiger partial charge in [-0.05, 0) is 12.2 Å². The molecule has 2 aliphatic heterocycles. The molecule has 2 bridgehead atoms. The van der Waals surface area contributed by atoms with E-state index in [2.05, 4.69) is 9.78 Å². The second-order valence-electron chi connectivity index (χ2n) is 1.45. The highest BCUT2D eigenvalue weighted by Crippen LogP contribution is 2.21. The topological polar surface area (TPSA) is 27.7 Å². The number of fused-ring (bicyclic) bond motifs is 2. The molecule has 7 heavy (non-hydrogen) atoms. The quantitative estimate of drug-likeness (QED) is 0.321. The predicted molar refractivity (Wildman–Crippen MR) is 20.0 cm³/mol. The first-order valence-corrected chi connectivity index (χ1v) is 2.11. The van der Waals surface area contributed by atoms with E-state index in [0.29, 0.717) is 0 Å². The Morgan fingerprint density at radius 2 is 1.57 bits per heavy atom. The fourth-order valence-corrected chi connectivity index (χ4v) is 0.623. The van der Waals surface area contributed by atoms with Gasteiger partial charge in [-0.15, -0.1) is 0 Å². The van der Waals surface area contributed by atoms with Gasteiger partial charge in [0.05, 0.1) is 0 Å². The Labute approximate surface area is 40.4 Å². The molecular formula is C4H4O3. The SMILES string of the molecule is C1=CC2OOC1O2. The molecule has 0 aromatic carbocycles. The minimum atomic E-state index is -0.231. The van der Waals surface area contributed by atoms with E-state index < -0.39 is 0 Å². The first-order valence-electron chi connectivity index (χ1n) is 2.11. The van der Waals surface area contributed by atoms with E-state index in [-0.39, 0.29) is 12.6 Å². The molecule has 0 spiro atoms. The standard InChI is InChI=1S/C4H4O3/c1-2-4-5-3(1)6-7-4/h1-4H. The van der Waals surface area contributed by atoms with Crippen molar-refractivity contribution >= 4 is 0 Å². The largest absolute Gasteiger partial charge is 0.310 e. The normalized spacial score (nSPS) is 45.7. The molecule has 1 saturated heterocycles. The van der Waals surface area contributed by atoms with Crippen molar-refractivity contribution in [3.05, 3.63) is 12.2 Å².